The molecule has 178 valence electrons. The van der Waals surface area contributed by atoms with E-state index >= 15 is 0 Å². The highest BCUT2D eigenvalue weighted by molar-refractivity contribution is 7.99. The van der Waals surface area contributed by atoms with Crippen LogP contribution in [0.1, 0.15) is 5.56 Å². The number of halogens is 1. The summed E-state index contributed by atoms with van der Waals surface area (Å²) in [6, 6.07) is 22.2. The lowest BCUT2D eigenvalue weighted by atomic mass is 10.2. The first kappa shape index (κ1) is 24.3. The van der Waals surface area contributed by atoms with Crippen molar-refractivity contribution < 1.29 is 14.3 Å². The lowest BCUT2D eigenvalue weighted by molar-refractivity contribution is -0.118. The molecule has 1 heterocycles. The van der Waals surface area contributed by atoms with Gasteiger partial charge in [-0.15, -0.1) is 10.2 Å². The summed E-state index contributed by atoms with van der Waals surface area (Å²) in [6.45, 7) is 0. The zero-order chi connectivity index (χ0) is 24.6. The maximum absolute atomic E-state index is 12.4. The van der Waals surface area contributed by atoms with E-state index in [2.05, 4.69) is 20.7 Å². The van der Waals surface area contributed by atoms with Crippen LogP contribution in [0.4, 0.5) is 0 Å². The van der Waals surface area contributed by atoms with E-state index in [-0.39, 0.29) is 11.7 Å². The molecule has 0 spiro atoms. The van der Waals surface area contributed by atoms with Crippen molar-refractivity contribution in [2.45, 2.75) is 5.16 Å². The average Bonchev–Trinajstić information content (AvgIpc) is 3.32. The number of ether oxygens (including phenoxy) is 2. The molecule has 4 aromatic rings. The van der Waals surface area contributed by atoms with Crippen molar-refractivity contribution in [1.29, 1.82) is 0 Å². The Morgan fingerprint density at radius 3 is 2.23 bits per heavy atom. The van der Waals surface area contributed by atoms with E-state index < -0.39 is 0 Å². The number of amides is 1. The van der Waals surface area contributed by atoms with Gasteiger partial charge in [0.1, 0.15) is 11.5 Å². The maximum atomic E-state index is 12.4. The smallest absolute Gasteiger partial charge is 0.250 e. The Bertz CT molecular complexity index is 1310. The molecule has 1 aromatic heterocycles. The summed E-state index contributed by atoms with van der Waals surface area (Å²) in [5, 5.41) is 13.9. The Balaban J connectivity index is 1.49. The van der Waals surface area contributed by atoms with Gasteiger partial charge in [-0.25, -0.2) is 5.43 Å². The van der Waals surface area contributed by atoms with E-state index in [1.807, 2.05) is 65.2 Å². The third-order valence-corrected chi connectivity index (χ3v) is 6.10. The summed E-state index contributed by atoms with van der Waals surface area (Å²) >= 11 is 7.34. The molecule has 10 heteroatoms. The molecule has 0 atom stereocenters. The normalized spacial score (nSPS) is 10.9. The molecule has 0 aliphatic rings. The lowest BCUT2D eigenvalue weighted by Crippen LogP contribution is -2.20. The summed E-state index contributed by atoms with van der Waals surface area (Å²) in [6.07, 6.45) is 1.57. The fourth-order valence-electron chi connectivity index (χ4n) is 3.14. The van der Waals surface area contributed by atoms with Crippen LogP contribution in [0.2, 0.25) is 5.02 Å². The van der Waals surface area contributed by atoms with Crippen LogP contribution in [-0.4, -0.2) is 46.9 Å². The quantitative estimate of drug-likeness (QED) is 0.198. The zero-order valence-corrected chi connectivity index (χ0v) is 20.6. The van der Waals surface area contributed by atoms with Crippen LogP contribution in [-0.2, 0) is 4.79 Å². The number of rotatable bonds is 9. The van der Waals surface area contributed by atoms with E-state index in [1.165, 1.54) is 11.8 Å². The molecule has 35 heavy (non-hydrogen) atoms. The number of aromatic nitrogens is 3. The first-order valence-corrected chi connectivity index (χ1v) is 11.9. The van der Waals surface area contributed by atoms with Crippen molar-refractivity contribution in [2.75, 3.05) is 20.0 Å². The van der Waals surface area contributed by atoms with Gasteiger partial charge in [-0.2, -0.15) is 5.10 Å². The van der Waals surface area contributed by atoms with Crippen LogP contribution < -0.4 is 14.9 Å². The molecular formula is C25H22ClN5O3S. The van der Waals surface area contributed by atoms with Gasteiger partial charge in [-0.3, -0.25) is 9.36 Å². The summed E-state index contributed by atoms with van der Waals surface area (Å²) in [5.74, 6) is 1.97. The van der Waals surface area contributed by atoms with E-state index in [1.54, 1.807) is 32.6 Å². The summed E-state index contributed by atoms with van der Waals surface area (Å²) < 4.78 is 12.3. The van der Waals surface area contributed by atoms with Crippen LogP contribution in [0.25, 0.3) is 17.1 Å². The highest BCUT2D eigenvalue weighted by Crippen LogP contribution is 2.29. The predicted molar refractivity (Wildman–Crippen MR) is 138 cm³/mol. The second-order valence-electron chi connectivity index (χ2n) is 7.20. The SMILES string of the molecule is COc1ccc(/C=N/NC(=O)CSc2nnc(-c3ccc(OC)cc3)n2-c2ccc(Cl)cc2)cc1. The fourth-order valence-corrected chi connectivity index (χ4v) is 4.01. The van der Waals surface area contributed by atoms with Crippen LogP contribution in [0.3, 0.4) is 0 Å². The van der Waals surface area contributed by atoms with Crippen molar-refractivity contribution in [3.05, 3.63) is 83.4 Å². The standard InChI is InChI=1S/C25H22ClN5O3S/c1-33-21-11-3-17(4-12-21)15-27-28-23(32)16-35-25-30-29-24(18-5-13-22(34-2)14-6-18)31(25)20-9-7-19(26)8-10-20/h3-15H,16H2,1-2H3,(H,28,32)/b27-15+. The third kappa shape index (κ3) is 6.20. The molecule has 0 aliphatic heterocycles. The number of carbonyl (C=O) groups excluding carboxylic acids is 1. The van der Waals surface area contributed by atoms with Gasteiger partial charge in [-0.05, 0) is 78.4 Å². The van der Waals surface area contributed by atoms with Crippen molar-refractivity contribution >= 4 is 35.5 Å². The van der Waals surface area contributed by atoms with E-state index in [9.17, 15) is 4.79 Å². The molecule has 4 rings (SSSR count). The predicted octanol–water partition coefficient (Wildman–Crippen LogP) is 4.85. The number of hydrogen-bond acceptors (Lipinski definition) is 7. The molecule has 0 aliphatic carbocycles. The highest BCUT2D eigenvalue weighted by atomic mass is 35.5. The topological polar surface area (TPSA) is 90.6 Å². The molecule has 0 saturated carbocycles. The molecule has 1 amide bonds. The Labute approximate surface area is 211 Å². The third-order valence-electron chi connectivity index (χ3n) is 4.92. The number of thioether (sulfide) groups is 1. The van der Waals surface area contributed by atoms with Gasteiger partial charge in [0.25, 0.3) is 5.91 Å². The molecule has 0 bridgehead atoms. The minimum atomic E-state index is -0.267. The van der Waals surface area contributed by atoms with Gasteiger partial charge in [0.05, 0.1) is 26.2 Å². The molecule has 0 fully saturated rings. The Hall–Kier alpha value is -3.82. The van der Waals surface area contributed by atoms with Gasteiger partial charge in [0.15, 0.2) is 11.0 Å². The van der Waals surface area contributed by atoms with Gasteiger partial charge >= 0.3 is 0 Å². The molecular weight excluding hydrogens is 486 g/mol. The second kappa shape index (κ2) is 11.5. The van der Waals surface area contributed by atoms with E-state index in [4.69, 9.17) is 21.1 Å². The molecule has 3 aromatic carbocycles. The molecule has 8 nitrogen and oxygen atoms in total. The summed E-state index contributed by atoms with van der Waals surface area (Å²) in [5.41, 5.74) is 5.06. The zero-order valence-electron chi connectivity index (χ0n) is 19.0. The van der Waals surface area contributed by atoms with Crippen molar-refractivity contribution in [2.24, 2.45) is 5.10 Å². The Morgan fingerprint density at radius 1 is 0.971 bits per heavy atom. The Morgan fingerprint density at radius 2 is 1.60 bits per heavy atom. The van der Waals surface area contributed by atoms with E-state index in [0.29, 0.717) is 16.0 Å². The monoisotopic (exact) mass is 507 g/mol. The number of carbonyl (C=O) groups is 1. The van der Waals surface area contributed by atoms with Crippen molar-refractivity contribution in [3.63, 3.8) is 0 Å². The summed E-state index contributed by atoms with van der Waals surface area (Å²) in [7, 11) is 3.22. The number of nitrogens with zero attached hydrogens (tertiary/aromatic N) is 4. The number of nitrogens with one attached hydrogen (secondary N) is 1. The number of hydrazone groups is 1. The van der Waals surface area contributed by atoms with Gasteiger partial charge in [-0.1, -0.05) is 23.4 Å². The molecule has 0 radical (unpaired) electrons. The van der Waals surface area contributed by atoms with Gasteiger partial charge in [0.2, 0.25) is 0 Å². The van der Waals surface area contributed by atoms with Crippen molar-refractivity contribution in [1.82, 2.24) is 20.2 Å². The van der Waals surface area contributed by atoms with Crippen LogP contribution in [0.15, 0.2) is 83.1 Å². The number of benzene rings is 3. The number of methoxy groups -OCH3 is 2. The molecule has 0 unspecified atom stereocenters. The Kier molecular flexibility index (Phi) is 8.02. The average molecular weight is 508 g/mol. The first-order valence-electron chi connectivity index (χ1n) is 10.5. The van der Waals surface area contributed by atoms with Crippen molar-refractivity contribution in [3.8, 4) is 28.6 Å². The molecule has 0 saturated heterocycles. The lowest BCUT2D eigenvalue weighted by Gasteiger charge is -2.11. The minimum Gasteiger partial charge on any atom is -0.497 e. The second-order valence-corrected chi connectivity index (χ2v) is 8.58. The maximum Gasteiger partial charge on any atom is 0.250 e. The van der Waals surface area contributed by atoms with E-state index in [0.717, 1.165) is 28.3 Å². The largest absolute Gasteiger partial charge is 0.497 e. The van der Waals surface area contributed by atoms with Crippen LogP contribution >= 0.6 is 23.4 Å². The summed E-state index contributed by atoms with van der Waals surface area (Å²) in [4.78, 5) is 12.4. The van der Waals surface area contributed by atoms with Gasteiger partial charge in [0, 0.05) is 16.3 Å². The van der Waals surface area contributed by atoms with Crippen LogP contribution in [0.5, 0.6) is 11.5 Å². The first-order chi connectivity index (χ1) is 17.1. The molecule has 1 N–H and O–H groups in total. The number of hydrogen-bond donors (Lipinski definition) is 1. The van der Waals surface area contributed by atoms with Gasteiger partial charge < -0.3 is 9.47 Å². The fraction of sp³-hybridized carbons (Fsp3) is 0.120. The van der Waals surface area contributed by atoms with Crippen LogP contribution in [0, 0.1) is 0 Å². The minimum absolute atomic E-state index is 0.105. The highest BCUT2D eigenvalue weighted by Gasteiger charge is 2.17.